The average molecular weight is 219 g/mol. The molecule has 5 N–H and O–H groups in total. The van der Waals surface area contributed by atoms with Gasteiger partial charge < -0.3 is 16.8 Å². The molecule has 2 rings (SSSR count). The number of aryl methyl sites for hydroxylation is 1. The smallest absolute Gasteiger partial charge is 0.0479 e. The molecule has 1 aromatic carbocycles. The Morgan fingerprint density at radius 2 is 2.06 bits per heavy atom. The summed E-state index contributed by atoms with van der Waals surface area (Å²) in [5.41, 5.74) is 15.4. The van der Waals surface area contributed by atoms with Crippen molar-refractivity contribution in [3.8, 4) is 0 Å². The molecule has 3 unspecified atom stereocenters. The number of rotatable bonds is 1. The summed E-state index contributed by atoms with van der Waals surface area (Å²) in [6.07, 6.45) is 2.23. The Kier molecular flexibility index (Phi) is 3.17. The zero-order valence-electron chi connectivity index (χ0n) is 10.0. The van der Waals surface area contributed by atoms with Gasteiger partial charge in [0.2, 0.25) is 0 Å². The Bertz CT molecular complexity index is 375. The first-order valence-corrected chi connectivity index (χ1v) is 5.95. The van der Waals surface area contributed by atoms with E-state index in [1.807, 2.05) is 12.1 Å². The maximum atomic E-state index is 6.19. The minimum absolute atomic E-state index is 0.191. The molecular formula is C13H21N3. The number of nitrogens with two attached hydrogens (primary N) is 2. The molecule has 1 heterocycles. The minimum Gasteiger partial charge on any atom is -0.399 e. The number of hydrogen-bond acceptors (Lipinski definition) is 3. The van der Waals surface area contributed by atoms with E-state index in [-0.39, 0.29) is 12.1 Å². The first-order valence-electron chi connectivity index (χ1n) is 5.95. The summed E-state index contributed by atoms with van der Waals surface area (Å²) in [4.78, 5) is 0. The van der Waals surface area contributed by atoms with Crippen LogP contribution < -0.4 is 16.8 Å². The maximum Gasteiger partial charge on any atom is 0.0479 e. The second-order valence-corrected chi connectivity index (χ2v) is 4.90. The number of anilines is 1. The van der Waals surface area contributed by atoms with Crippen LogP contribution in [-0.4, -0.2) is 12.1 Å². The van der Waals surface area contributed by atoms with Gasteiger partial charge in [-0.05, 0) is 49.9 Å². The monoisotopic (exact) mass is 219 g/mol. The molecule has 1 aliphatic rings. The fraction of sp³-hybridized carbons (Fsp3) is 0.538. The van der Waals surface area contributed by atoms with Crippen LogP contribution in [0.5, 0.6) is 0 Å². The third-order valence-corrected chi connectivity index (χ3v) is 3.46. The van der Waals surface area contributed by atoms with Gasteiger partial charge in [-0.3, -0.25) is 0 Å². The lowest BCUT2D eigenvalue weighted by atomic mass is 9.88. The minimum atomic E-state index is 0.191. The van der Waals surface area contributed by atoms with Crippen molar-refractivity contribution >= 4 is 5.69 Å². The highest BCUT2D eigenvalue weighted by Crippen LogP contribution is 2.28. The maximum absolute atomic E-state index is 6.19. The molecule has 1 aromatic rings. The second kappa shape index (κ2) is 4.44. The molecule has 3 atom stereocenters. The Balaban J connectivity index is 2.30. The molecular weight excluding hydrogens is 198 g/mol. The van der Waals surface area contributed by atoms with Crippen LogP contribution in [0.25, 0.3) is 0 Å². The summed E-state index contributed by atoms with van der Waals surface area (Å²) in [7, 11) is 0. The number of hydrogen-bond donors (Lipinski definition) is 3. The van der Waals surface area contributed by atoms with Gasteiger partial charge in [0, 0.05) is 23.8 Å². The molecule has 1 saturated heterocycles. The zero-order chi connectivity index (χ0) is 11.7. The zero-order valence-corrected chi connectivity index (χ0v) is 10.0. The summed E-state index contributed by atoms with van der Waals surface area (Å²) in [6.45, 7) is 4.32. The Hall–Kier alpha value is -1.06. The predicted octanol–water partition coefficient (Wildman–Crippen LogP) is 1.72. The van der Waals surface area contributed by atoms with Crippen molar-refractivity contribution in [1.82, 2.24) is 5.32 Å². The molecule has 88 valence electrons. The average Bonchev–Trinajstić information content (AvgIpc) is 2.25. The summed E-state index contributed by atoms with van der Waals surface area (Å²) < 4.78 is 0. The normalized spacial score (nSPS) is 30.3. The fourth-order valence-corrected chi connectivity index (χ4v) is 2.44. The molecule has 0 aliphatic carbocycles. The summed E-state index contributed by atoms with van der Waals surface area (Å²) >= 11 is 0. The first-order chi connectivity index (χ1) is 7.58. The molecule has 0 saturated carbocycles. The van der Waals surface area contributed by atoms with Crippen molar-refractivity contribution in [3.63, 3.8) is 0 Å². The molecule has 0 bridgehead atoms. The van der Waals surface area contributed by atoms with Crippen molar-refractivity contribution in [3.05, 3.63) is 29.3 Å². The van der Waals surface area contributed by atoms with Crippen LogP contribution in [0.1, 0.15) is 36.9 Å². The van der Waals surface area contributed by atoms with E-state index in [1.54, 1.807) is 0 Å². The molecule has 0 amide bonds. The molecule has 1 aliphatic heterocycles. The van der Waals surface area contributed by atoms with Gasteiger partial charge in [0.05, 0.1) is 0 Å². The van der Waals surface area contributed by atoms with Crippen LogP contribution in [0, 0.1) is 6.92 Å². The lowest BCUT2D eigenvalue weighted by molar-refractivity contribution is 0.300. The summed E-state index contributed by atoms with van der Waals surface area (Å²) in [6, 6.07) is 7.02. The van der Waals surface area contributed by atoms with Crippen LogP contribution >= 0.6 is 0 Å². The SMILES string of the molecule is Cc1ccc(N)cc1C1NC(C)CCC1N. The topological polar surface area (TPSA) is 64.1 Å². The van der Waals surface area contributed by atoms with E-state index < -0.39 is 0 Å². The van der Waals surface area contributed by atoms with Crippen molar-refractivity contribution in [2.45, 2.75) is 44.8 Å². The van der Waals surface area contributed by atoms with Gasteiger partial charge in [0.15, 0.2) is 0 Å². The van der Waals surface area contributed by atoms with Gasteiger partial charge in [-0.2, -0.15) is 0 Å². The molecule has 3 nitrogen and oxygen atoms in total. The van der Waals surface area contributed by atoms with Gasteiger partial charge >= 0.3 is 0 Å². The standard InChI is InChI=1S/C13H21N3/c1-8-3-5-10(14)7-11(8)13-12(15)6-4-9(2)16-13/h3,5,7,9,12-13,16H,4,6,14-15H2,1-2H3. The van der Waals surface area contributed by atoms with Crippen LogP contribution in [-0.2, 0) is 0 Å². The van der Waals surface area contributed by atoms with Gasteiger partial charge in [0.25, 0.3) is 0 Å². The van der Waals surface area contributed by atoms with E-state index in [4.69, 9.17) is 11.5 Å². The van der Waals surface area contributed by atoms with Crippen molar-refractivity contribution in [2.75, 3.05) is 5.73 Å². The second-order valence-electron chi connectivity index (χ2n) is 4.90. The van der Waals surface area contributed by atoms with Crippen molar-refractivity contribution in [2.24, 2.45) is 5.73 Å². The van der Waals surface area contributed by atoms with Gasteiger partial charge in [-0.15, -0.1) is 0 Å². The van der Waals surface area contributed by atoms with Crippen LogP contribution in [0.4, 0.5) is 5.69 Å². The van der Waals surface area contributed by atoms with Crippen LogP contribution in [0.2, 0.25) is 0 Å². The Morgan fingerprint density at radius 1 is 1.31 bits per heavy atom. The molecule has 1 fully saturated rings. The summed E-state index contributed by atoms with van der Waals surface area (Å²) in [5.74, 6) is 0. The highest BCUT2D eigenvalue weighted by molar-refractivity contribution is 5.46. The molecule has 0 radical (unpaired) electrons. The molecule has 16 heavy (non-hydrogen) atoms. The number of piperidine rings is 1. The van der Waals surface area contributed by atoms with E-state index in [1.165, 1.54) is 11.1 Å². The first kappa shape index (κ1) is 11.4. The van der Waals surface area contributed by atoms with E-state index in [2.05, 4.69) is 25.2 Å². The largest absolute Gasteiger partial charge is 0.399 e. The highest BCUT2D eigenvalue weighted by Gasteiger charge is 2.27. The van der Waals surface area contributed by atoms with Crippen LogP contribution in [0.3, 0.4) is 0 Å². The van der Waals surface area contributed by atoms with Gasteiger partial charge in [-0.1, -0.05) is 6.07 Å². The van der Waals surface area contributed by atoms with Crippen molar-refractivity contribution in [1.29, 1.82) is 0 Å². The third-order valence-electron chi connectivity index (χ3n) is 3.46. The third kappa shape index (κ3) is 2.20. The Morgan fingerprint density at radius 3 is 2.81 bits per heavy atom. The van der Waals surface area contributed by atoms with E-state index in [9.17, 15) is 0 Å². The van der Waals surface area contributed by atoms with E-state index in [0.29, 0.717) is 6.04 Å². The number of nitrogen functional groups attached to an aromatic ring is 1. The Labute approximate surface area is 97.2 Å². The van der Waals surface area contributed by atoms with Gasteiger partial charge in [-0.25, -0.2) is 0 Å². The van der Waals surface area contributed by atoms with E-state index in [0.717, 1.165) is 18.5 Å². The molecule has 3 heteroatoms. The highest BCUT2D eigenvalue weighted by atomic mass is 15.0. The van der Waals surface area contributed by atoms with E-state index >= 15 is 0 Å². The summed E-state index contributed by atoms with van der Waals surface area (Å²) in [5, 5.41) is 3.57. The van der Waals surface area contributed by atoms with Gasteiger partial charge in [0.1, 0.15) is 0 Å². The predicted molar refractivity (Wildman–Crippen MR) is 68.1 cm³/mol. The number of benzene rings is 1. The number of nitrogens with one attached hydrogen (secondary N) is 1. The van der Waals surface area contributed by atoms with Crippen LogP contribution in [0.15, 0.2) is 18.2 Å². The van der Waals surface area contributed by atoms with Crippen molar-refractivity contribution < 1.29 is 0 Å². The quantitative estimate of drug-likeness (QED) is 0.630. The lowest BCUT2D eigenvalue weighted by Crippen LogP contribution is -2.47. The fourth-order valence-electron chi connectivity index (χ4n) is 2.44. The lowest BCUT2D eigenvalue weighted by Gasteiger charge is -2.35. The molecule has 0 aromatic heterocycles. The molecule has 0 spiro atoms.